The zero-order valence-corrected chi connectivity index (χ0v) is 8.75. The predicted molar refractivity (Wildman–Crippen MR) is 60.3 cm³/mol. The SMILES string of the molecule is Cc1ccc(NCC(C)CO)c(N)c1. The molecular weight excluding hydrogens is 176 g/mol. The molecule has 1 atom stereocenters. The van der Waals surface area contributed by atoms with Crippen molar-refractivity contribution in [3.8, 4) is 0 Å². The summed E-state index contributed by atoms with van der Waals surface area (Å²) in [6.07, 6.45) is 0. The monoisotopic (exact) mass is 194 g/mol. The minimum Gasteiger partial charge on any atom is -0.397 e. The van der Waals surface area contributed by atoms with E-state index in [0.29, 0.717) is 0 Å². The van der Waals surface area contributed by atoms with Crippen molar-refractivity contribution in [2.45, 2.75) is 13.8 Å². The third-order valence-corrected chi connectivity index (χ3v) is 2.16. The maximum absolute atomic E-state index is 8.85. The predicted octanol–water partition coefficient (Wildman–Crippen LogP) is 1.62. The zero-order valence-electron chi connectivity index (χ0n) is 8.75. The van der Waals surface area contributed by atoms with Crippen LogP contribution in [-0.2, 0) is 0 Å². The van der Waals surface area contributed by atoms with Gasteiger partial charge in [0.2, 0.25) is 0 Å². The minimum atomic E-state index is 0.193. The number of aryl methyl sites for hydroxylation is 1. The number of benzene rings is 1. The molecule has 0 aliphatic heterocycles. The summed E-state index contributed by atoms with van der Waals surface area (Å²) >= 11 is 0. The van der Waals surface area contributed by atoms with Gasteiger partial charge >= 0.3 is 0 Å². The van der Waals surface area contributed by atoms with Gasteiger partial charge in [-0.2, -0.15) is 0 Å². The van der Waals surface area contributed by atoms with E-state index in [1.54, 1.807) is 0 Å². The Morgan fingerprint density at radius 2 is 2.21 bits per heavy atom. The van der Waals surface area contributed by atoms with E-state index in [4.69, 9.17) is 10.8 Å². The molecule has 0 heterocycles. The second kappa shape index (κ2) is 4.86. The first-order valence-corrected chi connectivity index (χ1v) is 4.84. The molecule has 3 heteroatoms. The molecule has 0 saturated heterocycles. The molecule has 78 valence electrons. The van der Waals surface area contributed by atoms with Crippen molar-refractivity contribution in [3.63, 3.8) is 0 Å². The third-order valence-electron chi connectivity index (χ3n) is 2.16. The van der Waals surface area contributed by atoms with Crippen LogP contribution in [0.3, 0.4) is 0 Å². The molecule has 1 unspecified atom stereocenters. The van der Waals surface area contributed by atoms with Gasteiger partial charge in [0.1, 0.15) is 0 Å². The van der Waals surface area contributed by atoms with Crippen LogP contribution in [0.4, 0.5) is 11.4 Å². The molecule has 0 aliphatic carbocycles. The first-order chi connectivity index (χ1) is 6.63. The number of nitrogens with one attached hydrogen (secondary N) is 1. The topological polar surface area (TPSA) is 58.3 Å². The first kappa shape index (κ1) is 10.9. The van der Waals surface area contributed by atoms with Crippen molar-refractivity contribution in [2.24, 2.45) is 5.92 Å². The van der Waals surface area contributed by atoms with Crippen molar-refractivity contribution in [1.82, 2.24) is 0 Å². The molecule has 0 aromatic heterocycles. The summed E-state index contributed by atoms with van der Waals surface area (Å²) in [5.74, 6) is 0.246. The first-order valence-electron chi connectivity index (χ1n) is 4.84. The molecule has 1 aromatic carbocycles. The van der Waals surface area contributed by atoms with E-state index < -0.39 is 0 Å². The number of hydrogen-bond acceptors (Lipinski definition) is 3. The van der Waals surface area contributed by atoms with Crippen LogP contribution in [-0.4, -0.2) is 18.3 Å². The number of anilines is 2. The highest BCUT2D eigenvalue weighted by molar-refractivity contribution is 5.66. The molecule has 0 fully saturated rings. The Morgan fingerprint density at radius 1 is 1.50 bits per heavy atom. The lowest BCUT2D eigenvalue weighted by molar-refractivity contribution is 0.244. The van der Waals surface area contributed by atoms with Gasteiger partial charge in [0, 0.05) is 13.2 Å². The van der Waals surface area contributed by atoms with Crippen LogP contribution in [0.5, 0.6) is 0 Å². The summed E-state index contributed by atoms with van der Waals surface area (Å²) in [5.41, 5.74) is 8.68. The number of aliphatic hydroxyl groups excluding tert-OH is 1. The molecule has 0 amide bonds. The normalized spacial score (nSPS) is 12.5. The molecule has 4 N–H and O–H groups in total. The molecule has 0 saturated carbocycles. The number of hydrogen-bond donors (Lipinski definition) is 3. The molecular formula is C11H18N2O. The number of nitrogens with two attached hydrogens (primary N) is 1. The van der Waals surface area contributed by atoms with E-state index >= 15 is 0 Å². The van der Waals surface area contributed by atoms with Gasteiger partial charge in [-0.25, -0.2) is 0 Å². The van der Waals surface area contributed by atoms with Gasteiger partial charge in [0.05, 0.1) is 11.4 Å². The Kier molecular flexibility index (Phi) is 3.77. The van der Waals surface area contributed by atoms with Gasteiger partial charge in [0.15, 0.2) is 0 Å². The van der Waals surface area contributed by atoms with Crippen molar-refractivity contribution >= 4 is 11.4 Å². The summed E-state index contributed by atoms with van der Waals surface area (Å²) in [6, 6.07) is 5.92. The maximum Gasteiger partial charge on any atom is 0.0574 e. The Bertz CT molecular complexity index is 299. The molecule has 1 rings (SSSR count). The lowest BCUT2D eigenvalue weighted by atomic mass is 10.1. The van der Waals surface area contributed by atoms with Crippen LogP contribution in [0.1, 0.15) is 12.5 Å². The van der Waals surface area contributed by atoms with Crippen LogP contribution in [0.25, 0.3) is 0 Å². The number of aliphatic hydroxyl groups is 1. The fourth-order valence-electron chi connectivity index (χ4n) is 1.19. The van der Waals surface area contributed by atoms with Gasteiger partial charge < -0.3 is 16.2 Å². The van der Waals surface area contributed by atoms with Crippen molar-refractivity contribution < 1.29 is 5.11 Å². The van der Waals surface area contributed by atoms with E-state index in [0.717, 1.165) is 23.5 Å². The fourth-order valence-corrected chi connectivity index (χ4v) is 1.19. The summed E-state index contributed by atoms with van der Waals surface area (Å²) in [4.78, 5) is 0. The van der Waals surface area contributed by atoms with E-state index in [2.05, 4.69) is 5.32 Å². The summed E-state index contributed by atoms with van der Waals surface area (Å²) in [5, 5.41) is 12.1. The van der Waals surface area contributed by atoms with Gasteiger partial charge in [0.25, 0.3) is 0 Å². The Balaban J connectivity index is 2.59. The molecule has 14 heavy (non-hydrogen) atoms. The van der Waals surface area contributed by atoms with Gasteiger partial charge in [-0.3, -0.25) is 0 Å². The minimum absolute atomic E-state index is 0.193. The number of rotatable bonds is 4. The maximum atomic E-state index is 8.85. The summed E-state index contributed by atoms with van der Waals surface area (Å²) in [7, 11) is 0. The molecule has 1 aromatic rings. The van der Waals surface area contributed by atoms with Crippen molar-refractivity contribution in [3.05, 3.63) is 23.8 Å². The van der Waals surface area contributed by atoms with Gasteiger partial charge in [-0.1, -0.05) is 13.0 Å². The lowest BCUT2D eigenvalue weighted by Gasteiger charge is -2.13. The van der Waals surface area contributed by atoms with Gasteiger partial charge in [-0.05, 0) is 30.5 Å². The van der Waals surface area contributed by atoms with Crippen LogP contribution < -0.4 is 11.1 Å². The highest BCUT2D eigenvalue weighted by atomic mass is 16.3. The van der Waals surface area contributed by atoms with E-state index in [1.807, 2.05) is 32.0 Å². The highest BCUT2D eigenvalue weighted by Gasteiger charge is 2.02. The zero-order chi connectivity index (χ0) is 10.6. The smallest absolute Gasteiger partial charge is 0.0574 e. The Hall–Kier alpha value is -1.22. The van der Waals surface area contributed by atoms with Crippen LogP contribution in [0.2, 0.25) is 0 Å². The average molecular weight is 194 g/mol. The Labute approximate surface area is 84.9 Å². The standard InChI is InChI=1S/C11H18N2O/c1-8-3-4-11(10(12)5-8)13-6-9(2)7-14/h3-5,9,13-14H,6-7,12H2,1-2H3. The number of nitrogen functional groups attached to an aromatic ring is 1. The molecule has 3 nitrogen and oxygen atoms in total. The second-order valence-electron chi connectivity index (χ2n) is 3.76. The van der Waals surface area contributed by atoms with E-state index in [9.17, 15) is 0 Å². The van der Waals surface area contributed by atoms with Gasteiger partial charge in [-0.15, -0.1) is 0 Å². The quantitative estimate of drug-likeness (QED) is 0.638. The van der Waals surface area contributed by atoms with Crippen LogP contribution in [0.15, 0.2) is 18.2 Å². The average Bonchev–Trinajstić information content (AvgIpc) is 2.16. The summed E-state index contributed by atoms with van der Waals surface area (Å²) in [6.45, 7) is 4.93. The van der Waals surface area contributed by atoms with Crippen LogP contribution in [0, 0.1) is 12.8 Å². The summed E-state index contributed by atoms with van der Waals surface area (Å²) < 4.78 is 0. The highest BCUT2D eigenvalue weighted by Crippen LogP contribution is 2.19. The molecule has 0 spiro atoms. The third kappa shape index (κ3) is 2.92. The van der Waals surface area contributed by atoms with Crippen molar-refractivity contribution in [1.29, 1.82) is 0 Å². The largest absolute Gasteiger partial charge is 0.397 e. The molecule has 0 bridgehead atoms. The van der Waals surface area contributed by atoms with E-state index in [1.165, 1.54) is 0 Å². The fraction of sp³-hybridized carbons (Fsp3) is 0.455. The Morgan fingerprint density at radius 3 is 2.79 bits per heavy atom. The van der Waals surface area contributed by atoms with Crippen LogP contribution >= 0.6 is 0 Å². The van der Waals surface area contributed by atoms with E-state index in [-0.39, 0.29) is 12.5 Å². The van der Waals surface area contributed by atoms with Crippen molar-refractivity contribution in [2.75, 3.05) is 24.2 Å². The second-order valence-corrected chi connectivity index (χ2v) is 3.76. The molecule has 0 radical (unpaired) electrons. The lowest BCUT2D eigenvalue weighted by Crippen LogP contribution is -2.15. The molecule has 0 aliphatic rings.